The molecule has 1 heterocycles. The lowest BCUT2D eigenvalue weighted by molar-refractivity contribution is 0.415. The molecule has 118 valence electrons. The minimum Gasteiger partial charge on any atom is -0.497 e. The highest BCUT2D eigenvalue weighted by Gasteiger charge is 2.19. The molecule has 0 bridgehead atoms. The Hall–Kier alpha value is -2.66. The average molecular weight is 380 g/mol. The van der Waals surface area contributed by atoms with E-state index in [2.05, 4.69) is 43.3 Å². The quantitative estimate of drug-likeness (QED) is 0.527. The van der Waals surface area contributed by atoms with Gasteiger partial charge in [-0.25, -0.2) is 9.97 Å². The second-order valence-electron chi connectivity index (χ2n) is 5.35. The van der Waals surface area contributed by atoms with Crippen molar-refractivity contribution in [3.05, 3.63) is 65.4 Å². The van der Waals surface area contributed by atoms with E-state index in [4.69, 9.17) is 4.74 Å². The van der Waals surface area contributed by atoms with E-state index < -0.39 is 0 Å². The molecule has 0 atom stereocenters. The number of rotatable bonds is 3. The second kappa shape index (κ2) is 6.09. The molecule has 4 nitrogen and oxygen atoms in total. The Labute approximate surface area is 148 Å². The standard InChI is InChI=1S/C19H14BrN3O/c1-24-13-9-7-12(8-10-13)23-19-16-14-5-3-2-4-6-15(14)17(20)18(16)21-11-22-19/h2-11H,1H3,(H,21,22,23). The number of halogens is 1. The van der Waals surface area contributed by atoms with Crippen LogP contribution in [0.2, 0.25) is 0 Å². The van der Waals surface area contributed by atoms with E-state index in [-0.39, 0.29) is 0 Å². The van der Waals surface area contributed by atoms with E-state index >= 15 is 0 Å². The average Bonchev–Trinajstić information content (AvgIpc) is 2.78. The normalized spacial score (nSPS) is 10.9. The fourth-order valence-electron chi connectivity index (χ4n) is 2.80. The molecule has 5 heteroatoms. The monoisotopic (exact) mass is 379 g/mol. The van der Waals surface area contributed by atoms with Crippen LogP contribution in [0.4, 0.5) is 11.5 Å². The number of hydrogen-bond donors (Lipinski definition) is 1. The number of hydrogen-bond acceptors (Lipinski definition) is 4. The molecule has 0 unspecified atom stereocenters. The van der Waals surface area contributed by atoms with Gasteiger partial charge in [-0.1, -0.05) is 30.3 Å². The van der Waals surface area contributed by atoms with Crippen molar-refractivity contribution in [2.24, 2.45) is 0 Å². The Kier molecular flexibility index (Phi) is 3.78. The summed E-state index contributed by atoms with van der Waals surface area (Å²) in [6.07, 6.45) is 1.58. The van der Waals surface area contributed by atoms with Gasteiger partial charge in [0.15, 0.2) is 0 Å². The third kappa shape index (κ3) is 2.47. The largest absolute Gasteiger partial charge is 0.497 e. The molecule has 0 saturated heterocycles. The molecule has 0 aliphatic heterocycles. The van der Waals surface area contributed by atoms with Crippen LogP contribution in [0.25, 0.3) is 22.0 Å². The third-order valence-corrected chi connectivity index (χ3v) is 4.75. The van der Waals surface area contributed by atoms with Crippen molar-refractivity contribution in [1.82, 2.24) is 9.97 Å². The minimum atomic E-state index is 0.784. The SMILES string of the molecule is COc1ccc(Nc2ncnc3c(Br)c4cccccc-4c23)cc1. The molecule has 1 aromatic carbocycles. The van der Waals surface area contributed by atoms with E-state index in [1.54, 1.807) is 13.4 Å². The molecule has 4 rings (SSSR count). The predicted molar refractivity (Wildman–Crippen MR) is 100 cm³/mol. The first-order valence-corrected chi connectivity index (χ1v) is 8.29. The van der Waals surface area contributed by atoms with Crippen LogP contribution in [0.3, 0.4) is 0 Å². The summed E-state index contributed by atoms with van der Waals surface area (Å²) in [6, 6.07) is 18.0. The zero-order valence-electron chi connectivity index (χ0n) is 13.0. The van der Waals surface area contributed by atoms with Crippen LogP contribution >= 0.6 is 15.9 Å². The Morgan fingerprint density at radius 3 is 2.42 bits per heavy atom. The van der Waals surface area contributed by atoms with Gasteiger partial charge in [0, 0.05) is 5.69 Å². The van der Waals surface area contributed by atoms with Gasteiger partial charge in [-0.2, -0.15) is 0 Å². The van der Waals surface area contributed by atoms with Gasteiger partial charge in [0.1, 0.15) is 17.9 Å². The molecule has 2 aliphatic rings. The summed E-state index contributed by atoms with van der Waals surface area (Å²) in [5, 5.41) is 4.39. The fraction of sp³-hybridized carbons (Fsp3) is 0.0526. The predicted octanol–water partition coefficient (Wildman–Crippen LogP) is 5.25. The first kappa shape index (κ1) is 14.9. The van der Waals surface area contributed by atoms with Crippen LogP contribution in [-0.2, 0) is 0 Å². The summed E-state index contributed by atoms with van der Waals surface area (Å²) >= 11 is 3.68. The van der Waals surface area contributed by atoms with Crippen molar-refractivity contribution in [2.45, 2.75) is 0 Å². The summed E-state index contributed by atoms with van der Waals surface area (Å²) in [4.78, 5) is 8.90. The molecule has 0 radical (unpaired) electrons. The van der Waals surface area contributed by atoms with Crippen LogP contribution in [0, 0.1) is 0 Å². The zero-order chi connectivity index (χ0) is 16.5. The molecule has 0 spiro atoms. The van der Waals surface area contributed by atoms with Crippen LogP contribution in [0.1, 0.15) is 0 Å². The highest BCUT2D eigenvalue weighted by molar-refractivity contribution is 9.10. The number of aromatic nitrogens is 2. The maximum atomic E-state index is 5.20. The molecule has 1 N–H and O–H groups in total. The lowest BCUT2D eigenvalue weighted by Crippen LogP contribution is -1.95. The topological polar surface area (TPSA) is 47.0 Å². The Bertz CT molecular complexity index is 985. The van der Waals surface area contributed by atoms with Crippen LogP contribution in [0.15, 0.2) is 65.4 Å². The Morgan fingerprint density at radius 2 is 1.67 bits per heavy atom. The van der Waals surface area contributed by atoms with Gasteiger partial charge in [0.05, 0.1) is 22.5 Å². The first-order valence-electron chi connectivity index (χ1n) is 7.50. The van der Waals surface area contributed by atoms with Crippen molar-refractivity contribution >= 4 is 38.3 Å². The Morgan fingerprint density at radius 1 is 0.917 bits per heavy atom. The van der Waals surface area contributed by atoms with Gasteiger partial charge >= 0.3 is 0 Å². The van der Waals surface area contributed by atoms with Crippen LogP contribution < -0.4 is 10.1 Å². The highest BCUT2D eigenvalue weighted by Crippen LogP contribution is 2.43. The summed E-state index contributed by atoms with van der Waals surface area (Å²) in [7, 11) is 1.66. The first-order chi connectivity index (χ1) is 11.8. The number of anilines is 2. The van der Waals surface area contributed by atoms with Crippen molar-refractivity contribution in [3.8, 4) is 16.9 Å². The smallest absolute Gasteiger partial charge is 0.142 e. The third-order valence-electron chi connectivity index (χ3n) is 3.95. The summed E-state index contributed by atoms with van der Waals surface area (Å²) in [5.74, 6) is 1.61. The zero-order valence-corrected chi connectivity index (χ0v) is 14.5. The molecule has 0 amide bonds. The van der Waals surface area contributed by atoms with Crippen molar-refractivity contribution in [1.29, 1.82) is 0 Å². The lowest BCUT2D eigenvalue weighted by atomic mass is 10.1. The summed E-state index contributed by atoms with van der Waals surface area (Å²) in [5.41, 5.74) is 4.08. The van der Waals surface area contributed by atoms with Gasteiger partial charge in [-0.15, -0.1) is 0 Å². The second-order valence-corrected chi connectivity index (χ2v) is 6.14. The number of benzene rings is 1. The van der Waals surface area contributed by atoms with Crippen molar-refractivity contribution < 1.29 is 4.74 Å². The van der Waals surface area contributed by atoms with E-state index in [9.17, 15) is 0 Å². The number of fused-ring (bicyclic) bond motifs is 3. The number of nitrogens with zero attached hydrogens (tertiary/aromatic N) is 2. The maximum Gasteiger partial charge on any atom is 0.142 e. The van der Waals surface area contributed by atoms with Crippen LogP contribution in [0.5, 0.6) is 5.75 Å². The fourth-order valence-corrected chi connectivity index (χ4v) is 3.44. The van der Waals surface area contributed by atoms with Gasteiger partial charge in [-0.3, -0.25) is 0 Å². The Balaban J connectivity index is 1.87. The van der Waals surface area contributed by atoms with Crippen LogP contribution in [-0.4, -0.2) is 17.1 Å². The maximum absolute atomic E-state index is 5.20. The molecule has 24 heavy (non-hydrogen) atoms. The minimum absolute atomic E-state index is 0.784. The number of methoxy groups -OCH3 is 1. The van der Waals surface area contributed by atoms with Gasteiger partial charge in [0.25, 0.3) is 0 Å². The molecular formula is C19H14BrN3O. The van der Waals surface area contributed by atoms with Gasteiger partial charge in [-0.05, 0) is 51.3 Å². The molecule has 1 aromatic heterocycles. The lowest BCUT2D eigenvalue weighted by Gasteiger charge is -2.08. The molecule has 2 aliphatic carbocycles. The molecule has 2 aromatic rings. The summed E-state index contributed by atoms with van der Waals surface area (Å²) in [6.45, 7) is 0. The van der Waals surface area contributed by atoms with Crippen molar-refractivity contribution in [2.75, 3.05) is 12.4 Å². The highest BCUT2D eigenvalue weighted by atomic mass is 79.9. The van der Waals surface area contributed by atoms with Gasteiger partial charge < -0.3 is 10.1 Å². The van der Waals surface area contributed by atoms with E-state index in [0.29, 0.717) is 0 Å². The molecule has 0 saturated carbocycles. The number of nitrogens with one attached hydrogen (secondary N) is 1. The number of ether oxygens (including phenoxy) is 1. The molecular weight excluding hydrogens is 366 g/mol. The van der Waals surface area contributed by atoms with Crippen molar-refractivity contribution in [3.63, 3.8) is 0 Å². The van der Waals surface area contributed by atoms with E-state index in [0.717, 1.165) is 43.8 Å². The molecule has 0 fully saturated rings. The van der Waals surface area contributed by atoms with Gasteiger partial charge in [0.2, 0.25) is 0 Å². The summed E-state index contributed by atoms with van der Waals surface area (Å²) < 4.78 is 6.19. The van der Waals surface area contributed by atoms with E-state index in [1.807, 2.05) is 42.5 Å². The van der Waals surface area contributed by atoms with E-state index in [1.165, 1.54) is 0 Å².